The lowest BCUT2D eigenvalue weighted by molar-refractivity contribution is -0.137. The Bertz CT molecular complexity index is 520. The van der Waals surface area contributed by atoms with Gasteiger partial charge in [0, 0.05) is 19.3 Å². The number of rotatable bonds is 4. The van der Waals surface area contributed by atoms with Crippen LogP contribution < -0.4 is 4.90 Å². The van der Waals surface area contributed by atoms with Crippen molar-refractivity contribution < 1.29 is 19.5 Å². The van der Waals surface area contributed by atoms with Crippen molar-refractivity contribution in [1.82, 2.24) is 0 Å². The van der Waals surface area contributed by atoms with Gasteiger partial charge in [0.25, 0.3) is 0 Å². The molecule has 0 unspecified atom stereocenters. The van der Waals surface area contributed by atoms with Gasteiger partial charge in [-0.05, 0) is 37.0 Å². The van der Waals surface area contributed by atoms with E-state index in [2.05, 4.69) is 0 Å². The number of carbonyl (C=O) groups excluding carboxylic acids is 2. The van der Waals surface area contributed by atoms with Gasteiger partial charge in [-0.3, -0.25) is 19.3 Å². The summed E-state index contributed by atoms with van der Waals surface area (Å²) >= 11 is 0. The summed E-state index contributed by atoms with van der Waals surface area (Å²) in [5, 5.41) is 8.70. The highest BCUT2D eigenvalue weighted by atomic mass is 16.4. The van der Waals surface area contributed by atoms with Crippen molar-refractivity contribution in [3.63, 3.8) is 0 Å². The molecule has 0 radical (unpaired) electrons. The molecule has 0 spiro atoms. The van der Waals surface area contributed by atoms with Gasteiger partial charge >= 0.3 is 5.97 Å². The number of hydrogen-bond acceptors (Lipinski definition) is 3. The predicted molar refractivity (Wildman–Crippen MR) is 73.4 cm³/mol. The minimum absolute atomic E-state index is 0.0331. The third kappa shape index (κ3) is 3.44. The molecular weight excluding hydrogens is 258 g/mol. The highest BCUT2D eigenvalue weighted by Crippen LogP contribution is 2.23. The molecule has 0 aliphatic carbocycles. The number of nitrogens with zero attached hydrogens (tertiary/aromatic N) is 1. The zero-order valence-corrected chi connectivity index (χ0v) is 11.2. The highest BCUT2D eigenvalue weighted by molar-refractivity contribution is 6.15. The van der Waals surface area contributed by atoms with Crippen LogP contribution in [0.1, 0.15) is 37.7 Å². The Morgan fingerprint density at radius 2 is 1.80 bits per heavy atom. The average Bonchev–Trinajstić information content (AvgIpc) is 2.58. The lowest BCUT2D eigenvalue weighted by atomic mass is 10.1. The summed E-state index contributed by atoms with van der Waals surface area (Å²) in [4.78, 5) is 35.9. The van der Waals surface area contributed by atoms with Gasteiger partial charge in [0.2, 0.25) is 11.8 Å². The molecule has 5 nitrogen and oxygen atoms in total. The third-order valence-electron chi connectivity index (χ3n) is 3.33. The Hall–Kier alpha value is -2.17. The summed E-state index contributed by atoms with van der Waals surface area (Å²) < 4.78 is 0. The van der Waals surface area contributed by atoms with Crippen LogP contribution >= 0.6 is 0 Å². The first-order valence-corrected chi connectivity index (χ1v) is 6.74. The topological polar surface area (TPSA) is 74.7 Å². The lowest BCUT2D eigenvalue weighted by Crippen LogP contribution is -2.35. The fourth-order valence-electron chi connectivity index (χ4n) is 2.31. The normalized spacial score (nSPS) is 16.1. The molecule has 1 saturated heterocycles. The number of carbonyl (C=O) groups is 3. The number of anilines is 1. The van der Waals surface area contributed by atoms with E-state index in [4.69, 9.17) is 5.11 Å². The third-order valence-corrected chi connectivity index (χ3v) is 3.33. The van der Waals surface area contributed by atoms with Crippen LogP contribution in [0.25, 0.3) is 0 Å². The number of carboxylic acid groups (broad SMARTS) is 1. The second kappa shape index (κ2) is 6.32. The highest BCUT2D eigenvalue weighted by Gasteiger charge is 2.25. The van der Waals surface area contributed by atoms with Gasteiger partial charge in [0.05, 0.1) is 5.69 Å². The van der Waals surface area contributed by atoms with E-state index >= 15 is 0 Å². The van der Waals surface area contributed by atoms with Crippen LogP contribution in [-0.4, -0.2) is 22.9 Å². The molecule has 0 atom stereocenters. The van der Waals surface area contributed by atoms with E-state index in [1.165, 1.54) is 4.90 Å². The summed E-state index contributed by atoms with van der Waals surface area (Å²) in [5.41, 5.74) is 1.36. The molecule has 0 aromatic heterocycles. The van der Waals surface area contributed by atoms with E-state index in [1.54, 1.807) is 24.3 Å². The van der Waals surface area contributed by atoms with Crippen molar-refractivity contribution in [2.45, 2.75) is 38.5 Å². The van der Waals surface area contributed by atoms with E-state index in [0.29, 0.717) is 24.9 Å². The number of aryl methyl sites for hydroxylation is 1. The maximum absolute atomic E-state index is 12.0. The Balaban J connectivity index is 2.22. The van der Waals surface area contributed by atoms with Crippen molar-refractivity contribution >= 4 is 23.5 Å². The molecule has 0 bridgehead atoms. The van der Waals surface area contributed by atoms with Crippen LogP contribution in [-0.2, 0) is 20.8 Å². The van der Waals surface area contributed by atoms with E-state index in [-0.39, 0.29) is 18.2 Å². The van der Waals surface area contributed by atoms with E-state index in [1.807, 2.05) is 0 Å². The second-order valence-electron chi connectivity index (χ2n) is 4.89. The van der Waals surface area contributed by atoms with Crippen molar-refractivity contribution in [1.29, 1.82) is 0 Å². The summed E-state index contributed by atoms with van der Waals surface area (Å²) in [7, 11) is 0. The Morgan fingerprint density at radius 1 is 1.15 bits per heavy atom. The predicted octanol–water partition coefficient (Wildman–Crippen LogP) is 2.14. The van der Waals surface area contributed by atoms with Crippen LogP contribution in [0.4, 0.5) is 5.69 Å². The molecule has 1 aromatic carbocycles. The summed E-state index contributed by atoms with van der Waals surface area (Å²) in [6.45, 7) is 0. The molecule has 1 N–H and O–H groups in total. The number of benzene rings is 1. The number of carboxylic acids is 1. The second-order valence-corrected chi connectivity index (χ2v) is 4.89. The lowest BCUT2D eigenvalue weighted by Gasteiger charge is -2.19. The van der Waals surface area contributed by atoms with Crippen molar-refractivity contribution in [3.8, 4) is 0 Å². The molecule has 1 aliphatic rings. The van der Waals surface area contributed by atoms with E-state index in [0.717, 1.165) is 18.4 Å². The van der Waals surface area contributed by atoms with E-state index < -0.39 is 5.97 Å². The van der Waals surface area contributed by atoms with Crippen molar-refractivity contribution in [2.24, 2.45) is 0 Å². The first kappa shape index (κ1) is 14.2. The molecule has 5 heteroatoms. The summed E-state index contributed by atoms with van der Waals surface area (Å²) in [5.74, 6) is -1.22. The van der Waals surface area contributed by atoms with Gasteiger partial charge in [0.15, 0.2) is 0 Å². The van der Waals surface area contributed by atoms with Crippen LogP contribution in [0, 0.1) is 0 Å². The minimum Gasteiger partial charge on any atom is -0.481 e. The molecular formula is C15H17NO4. The number of hydrogen-bond donors (Lipinski definition) is 1. The maximum atomic E-state index is 12.0. The Morgan fingerprint density at radius 3 is 2.40 bits per heavy atom. The molecule has 1 fully saturated rings. The standard InChI is InChI=1S/C15H17NO4/c17-13-6-1-2-7-14(18)16(13)12-5-3-4-11(10-12)8-9-15(19)20/h3-5,10H,1-2,6-9H2,(H,19,20). The molecule has 1 aliphatic heterocycles. The van der Waals surface area contributed by atoms with Gasteiger partial charge in [-0.1, -0.05) is 12.1 Å². The van der Waals surface area contributed by atoms with Crippen molar-refractivity contribution in [3.05, 3.63) is 29.8 Å². The van der Waals surface area contributed by atoms with Crippen LogP contribution in [0.5, 0.6) is 0 Å². The summed E-state index contributed by atoms with van der Waals surface area (Å²) in [6.07, 6.45) is 2.65. The molecule has 20 heavy (non-hydrogen) atoms. The Kier molecular flexibility index (Phi) is 4.50. The maximum Gasteiger partial charge on any atom is 0.303 e. The van der Waals surface area contributed by atoms with Crippen LogP contribution in [0.15, 0.2) is 24.3 Å². The monoisotopic (exact) mass is 275 g/mol. The molecule has 1 aromatic rings. The summed E-state index contributed by atoms with van der Waals surface area (Å²) in [6, 6.07) is 6.99. The number of imide groups is 1. The van der Waals surface area contributed by atoms with Crippen molar-refractivity contribution in [2.75, 3.05) is 4.90 Å². The first-order valence-electron chi connectivity index (χ1n) is 6.74. The van der Waals surface area contributed by atoms with Gasteiger partial charge in [-0.25, -0.2) is 0 Å². The minimum atomic E-state index is -0.864. The number of amides is 2. The SMILES string of the molecule is O=C(O)CCc1cccc(N2C(=O)CCCCC2=O)c1. The first-order chi connectivity index (χ1) is 9.58. The smallest absolute Gasteiger partial charge is 0.303 e. The van der Waals surface area contributed by atoms with Gasteiger partial charge in [-0.2, -0.15) is 0 Å². The van der Waals surface area contributed by atoms with Crippen LogP contribution in [0.3, 0.4) is 0 Å². The molecule has 106 valence electrons. The zero-order valence-electron chi connectivity index (χ0n) is 11.2. The molecule has 2 amide bonds. The fourth-order valence-corrected chi connectivity index (χ4v) is 2.31. The fraction of sp³-hybridized carbons (Fsp3) is 0.400. The largest absolute Gasteiger partial charge is 0.481 e. The Labute approximate surface area is 117 Å². The van der Waals surface area contributed by atoms with Gasteiger partial charge in [-0.15, -0.1) is 0 Å². The quantitative estimate of drug-likeness (QED) is 0.854. The molecule has 2 rings (SSSR count). The molecule has 0 saturated carbocycles. The zero-order chi connectivity index (χ0) is 14.5. The number of aliphatic carboxylic acids is 1. The average molecular weight is 275 g/mol. The van der Waals surface area contributed by atoms with Gasteiger partial charge in [0.1, 0.15) is 0 Å². The molecule has 1 heterocycles. The van der Waals surface area contributed by atoms with Crippen LogP contribution in [0.2, 0.25) is 0 Å². The van der Waals surface area contributed by atoms with Gasteiger partial charge < -0.3 is 5.11 Å². The van der Waals surface area contributed by atoms with E-state index in [9.17, 15) is 14.4 Å².